The van der Waals surface area contributed by atoms with Crippen LogP contribution >= 0.6 is 0 Å². The summed E-state index contributed by atoms with van der Waals surface area (Å²) in [5.41, 5.74) is 6.23. The van der Waals surface area contributed by atoms with Crippen molar-refractivity contribution in [3.8, 4) is 0 Å². The molecule has 16 heavy (non-hydrogen) atoms. The Hall–Kier alpha value is -1.55. The van der Waals surface area contributed by atoms with Crippen molar-refractivity contribution in [2.45, 2.75) is 19.4 Å². The predicted molar refractivity (Wildman–Crippen MR) is 59.0 cm³/mol. The molecule has 1 unspecified atom stereocenters. The quantitative estimate of drug-likeness (QED) is 0.847. The number of pyridine rings is 1. The van der Waals surface area contributed by atoms with Crippen molar-refractivity contribution in [3.63, 3.8) is 0 Å². The summed E-state index contributed by atoms with van der Waals surface area (Å²) in [6.07, 6.45) is 2.01. The fourth-order valence-electron chi connectivity index (χ4n) is 1.76. The Balaban J connectivity index is 2.66. The molecule has 84 valence electrons. The van der Waals surface area contributed by atoms with Crippen LogP contribution in [0.4, 0.5) is 8.78 Å². The van der Waals surface area contributed by atoms with E-state index in [2.05, 4.69) is 4.98 Å². The van der Waals surface area contributed by atoms with Crippen molar-refractivity contribution in [3.05, 3.63) is 41.7 Å². The SMILES string of the molecule is CC(N)Cc1nccc2cc(F)cc(F)c12. The molecule has 1 aromatic carbocycles. The lowest BCUT2D eigenvalue weighted by atomic mass is 10.0. The zero-order chi connectivity index (χ0) is 11.7. The van der Waals surface area contributed by atoms with Gasteiger partial charge in [0.05, 0.1) is 5.69 Å². The van der Waals surface area contributed by atoms with Gasteiger partial charge in [0.25, 0.3) is 0 Å². The van der Waals surface area contributed by atoms with Crippen LogP contribution in [0, 0.1) is 11.6 Å². The fourth-order valence-corrected chi connectivity index (χ4v) is 1.76. The van der Waals surface area contributed by atoms with Crippen LogP contribution < -0.4 is 5.73 Å². The van der Waals surface area contributed by atoms with Crippen molar-refractivity contribution in [2.75, 3.05) is 0 Å². The van der Waals surface area contributed by atoms with Gasteiger partial charge in [-0.05, 0) is 24.4 Å². The third-order valence-corrected chi connectivity index (χ3v) is 2.37. The summed E-state index contributed by atoms with van der Waals surface area (Å²) in [6, 6.07) is 3.65. The molecular weight excluding hydrogens is 210 g/mol. The summed E-state index contributed by atoms with van der Waals surface area (Å²) in [5, 5.41) is 0.879. The van der Waals surface area contributed by atoms with Crippen LogP contribution in [0.1, 0.15) is 12.6 Å². The molecule has 0 amide bonds. The average molecular weight is 222 g/mol. The lowest BCUT2D eigenvalue weighted by Crippen LogP contribution is -2.18. The smallest absolute Gasteiger partial charge is 0.135 e. The first kappa shape index (κ1) is 11.0. The maximum atomic E-state index is 13.6. The lowest BCUT2D eigenvalue weighted by Gasteiger charge is -2.08. The number of nitrogens with zero attached hydrogens (tertiary/aromatic N) is 1. The van der Waals surface area contributed by atoms with Crippen LogP contribution in [0.25, 0.3) is 10.8 Å². The Morgan fingerprint density at radius 1 is 1.38 bits per heavy atom. The van der Waals surface area contributed by atoms with E-state index in [1.165, 1.54) is 6.07 Å². The number of nitrogens with two attached hydrogens (primary N) is 1. The zero-order valence-electron chi connectivity index (χ0n) is 8.87. The number of halogens is 2. The molecule has 4 heteroatoms. The van der Waals surface area contributed by atoms with Crippen LogP contribution in [0.3, 0.4) is 0 Å². The monoisotopic (exact) mass is 222 g/mol. The highest BCUT2D eigenvalue weighted by atomic mass is 19.1. The minimum Gasteiger partial charge on any atom is -0.328 e. The maximum absolute atomic E-state index is 13.6. The first-order chi connectivity index (χ1) is 7.58. The van der Waals surface area contributed by atoms with Crippen molar-refractivity contribution in [1.29, 1.82) is 0 Å². The van der Waals surface area contributed by atoms with Crippen LogP contribution in [0.15, 0.2) is 24.4 Å². The van der Waals surface area contributed by atoms with Gasteiger partial charge in [0.1, 0.15) is 11.6 Å². The van der Waals surface area contributed by atoms with Gasteiger partial charge in [0, 0.05) is 30.1 Å². The van der Waals surface area contributed by atoms with E-state index < -0.39 is 11.6 Å². The van der Waals surface area contributed by atoms with E-state index in [4.69, 9.17) is 5.73 Å². The van der Waals surface area contributed by atoms with Crippen molar-refractivity contribution >= 4 is 10.8 Å². The molecule has 0 fully saturated rings. The van der Waals surface area contributed by atoms with Crippen molar-refractivity contribution < 1.29 is 8.78 Å². The van der Waals surface area contributed by atoms with E-state index in [-0.39, 0.29) is 6.04 Å². The summed E-state index contributed by atoms with van der Waals surface area (Å²) in [7, 11) is 0. The standard InChI is InChI=1S/C12H12F2N2/c1-7(15)4-11-12-8(2-3-16-11)5-9(13)6-10(12)14/h2-3,5-7H,4,15H2,1H3. The van der Waals surface area contributed by atoms with Gasteiger partial charge in [0.15, 0.2) is 0 Å². The van der Waals surface area contributed by atoms with Crippen molar-refractivity contribution in [1.82, 2.24) is 4.98 Å². The third kappa shape index (κ3) is 2.02. The van der Waals surface area contributed by atoms with E-state index >= 15 is 0 Å². The minimum atomic E-state index is -0.584. The molecule has 2 rings (SSSR count). The predicted octanol–water partition coefficient (Wildman–Crippen LogP) is 2.40. The van der Waals surface area contributed by atoms with Crippen LogP contribution in [0.5, 0.6) is 0 Å². The zero-order valence-corrected chi connectivity index (χ0v) is 8.87. The number of benzene rings is 1. The average Bonchev–Trinajstić information content (AvgIpc) is 2.15. The molecule has 0 spiro atoms. The van der Waals surface area contributed by atoms with E-state index in [1.54, 1.807) is 12.3 Å². The number of aromatic nitrogens is 1. The van der Waals surface area contributed by atoms with E-state index in [1.807, 2.05) is 6.92 Å². The van der Waals surface area contributed by atoms with Gasteiger partial charge in [-0.1, -0.05) is 0 Å². The van der Waals surface area contributed by atoms with Gasteiger partial charge in [-0.3, -0.25) is 4.98 Å². The topological polar surface area (TPSA) is 38.9 Å². The molecule has 1 aromatic heterocycles. The maximum Gasteiger partial charge on any atom is 0.135 e. The Morgan fingerprint density at radius 3 is 2.81 bits per heavy atom. The third-order valence-electron chi connectivity index (χ3n) is 2.37. The van der Waals surface area contributed by atoms with Gasteiger partial charge in [-0.25, -0.2) is 8.78 Å². The van der Waals surface area contributed by atoms with E-state index in [0.717, 1.165) is 6.07 Å². The Kier molecular flexibility index (Phi) is 2.83. The molecule has 0 aliphatic rings. The van der Waals surface area contributed by atoms with Gasteiger partial charge in [-0.2, -0.15) is 0 Å². The molecule has 0 radical (unpaired) electrons. The van der Waals surface area contributed by atoms with Gasteiger partial charge < -0.3 is 5.73 Å². The second kappa shape index (κ2) is 4.14. The number of rotatable bonds is 2. The lowest BCUT2D eigenvalue weighted by molar-refractivity contribution is 0.590. The Labute approximate surface area is 92.1 Å². The van der Waals surface area contributed by atoms with Gasteiger partial charge in [-0.15, -0.1) is 0 Å². The van der Waals surface area contributed by atoms with Gasteiger partial charge >= 0.3 is 0 Å². The molecule has 2 nitrogen and oxygen atoms in total. The molecule has 1 atom stereocenters. The summed E-state index contributed by atoms with van der Waals surface area (Å²) in [6.45, 7) is 1.82. The molecule has 0 aliphatic carbocycles. The largest absolute Gasteiger partial charge is 0.328 e. The van der Waals surface area contributed by atoms with Crippen LogP contribution in [-0.4, -0.2) is 11.0 Å². The van der Waals surface area contributed by atoms with Crippen LogP contribution in [-0.2, 0) is 6.42 Å². The molecule has 2 N–H and O–H groups in total. The fraction of sp³-hybridized carbons (Fsp3) is 0.250. The highest BCUT2D eigenvalue weighted by Crippen LogP contribution is 2.22. The second-order valence-corrected chi connectivity index (χ2v) is 3.92. The number of hydrogen-bond acceptors (Lipinski definition) is 2. The molecule has 0 saturated heterocycles. The summed E-state index contributed by atoms with van der Waals surface area (Å²) in [5.74, 6) is -1.17. The minimum absolute atomic E-state index is 0.109. The Morgan fingerprint density at radius 2 is 2.12 bits per heavy atom. The van der Waals surface area contributed by atoms with Gasteiger partial charge in [0.2, 0.25) is 0 Å². The second-order valence-electron chi connectivity index (χ2n) is 3.92. The summed E-state index contributed by atoms with van der Waals surface area (Å²) >= 11 is 0. The van der Waals surface area contributed by atoms with E-state index in [9.17, 15) is 8.78 Å². The van der Waals surface area contributed by atoms with E-state index in [0.29, 0.717) is 22.9 Å². The molecule has 0 aliphatic heterocycles. The molecule has 0 saturated carbocycles. The van der Waals surface area contributed by atoms with Crippen LogP contribution in [0.2, 0.25) is 0 Å². The first-order valence-corrected chi connectivity index (χ1v) is 5.06. The first-order valence-electron chi connectivity index (χ1n) is 5.06. The van der Waals surface area contributed by atoms with Crippen molar-refractivity contribution in [2.24, 2.45) is 5.73 Å². The molecule has 1 heterocycles. The number of hydrogen-bond donors (Lipinski definition) is 1. The molecule has 2 aromatic rings. The highest BCUT2D eigenvalue weighted by Gasteiger charge is 2.10. The highest BCUT2D eigenvalue weighted by molar-refractivity contribution is 5.85. The molecular formula is C12H12F2N2. The summed E-state index contributed by atoms with van der Waals surface area (Å²) in [4.78, 5) is 4.10. The normalized spacial score (nSPS) is 13.0. The summed E-state index contributed by atoms with van der Waals surface area (Å²) < 4.78 is 26.6. The molecule has 0 bridgehead atoms. The Bertz CT molecular complexity index is 524. The number of fused-ring (bicyclic) bond motifs is 1.